The lowest BCUT2D eigenvalue weighted by atomic mass is 10.2. The van der Waals surface area contributed by atoms with Crippen molar-refractivity contribution in [1.29, 1.82) is 0 Å². The highest BCUT2D eigenvalue weighted by Crippen LogP contribution is 2.33. The number of rotatable bonds is 2. The van der Waals surface area contributed by atoms with Gasteiger partial charge >= 0.3 is 11.8 Å². The molecule has 4 rings (SSSR count). The standard InChI is InChI=1S/C16H13F3N4O2S.ClH/c17-16(18,19)11-8-26-14(21-11)10-7-9-1-2-12(22-13(9)25-15(10)24)23-5-3-20-4-6-23;/h1-2,7-8,20H,3-6H2;1H. The van der Waals surface area contributed by atoms with Crippen molar-refractivity contribution < 1.29 is 17.6 Å². The molecule has 0 unspecified atom stereocenters. The molecular formula is C16H14ClF3N4O2S. The maximum atomic E-state index is 12.7. The van der Waals surface area contributed by atoms with E-state index in [0.717, 1.165) is 42.9 Å². The van der Waals surface area contributed by atoms with Gasteiger partial charge in [-0.05, 0) is 18.2 Å². The van der Waals surface area contributed by atoms with Gasteiger partial charge in [0.25, 0.3) is 0 Å². The number of piperazine rings is 1. The van der Waals surface area contributed by atoms with Crippen molar-refractivity contribution in [2.24, 2.45) is 0 Å². The molecule has 4 heterocycles. The van der Waals surface area contributed by atoms with E-state index >= 15 is 0 Å². The summed E-state index contributed by atoms with van der Waals surface area (Å²) in [6, 6.07) is 5.01. The summed E-state index contributed by atoms with van der Waals surface area (Å²) in [7, 11) is 0. The molecule has 0 amide bonds. The molecule has 27 heavy (non-hydrogen) atoms. The highest BCUT2D eigenvalue weighted by Gasteiger charge is 2.34. The SMILES string of the molecule is Cl.O=c1oc2nc(N3CCNCC3)ccc2cc1-c1nc(C(F)(F)F)cs1. The number of hydrogen-bond acceptors (Lipinski definition) is 7. The number of nitrogens with zero attached hydrogens (tertiary/aromatic N) is 3. The minimum absolute atomic E-state index is 0. The first-order chi connectivity index (χ1) is 12.4. The molecule has 0 spiro atoms. The minimum Gasteiger partial charge on any atom is -0.403 e. The Balaban J connectivity index is 0.00000210. The van der Waals surface area contributed by atoms with Crippen molar-refractivity contribution in [1.82, 2.24) is 15.3 Å². The van der Waals surface area contributed by atoms with Crippen molar-refractivity contribution in [3.05, 3.63) is 39.7 Å². The first kappa shape index (κ1) is 19.6. The first-order valence-corrected chi connectivity index (χ1v) is 8.73. The quantitative estimate of drug-likeness (QED) is 0.689. The zero-order chi connectivity index (χ0) is 18.3. The van der Waals surface area contributed by atoms with Crippen LogP contribution in [-0.4, -0.2) is 36.1 Å². The molecule has 6 nitrogen and oxygen atoms in total. The highest BCUT2D eigenvalue weighted by molar-refractivity contribution is 7.13. The largest absolute Gasteiger partial charge is 0.434 e. The van der Waals surface area contributed by atoms with Crippen LogP contribution in [0.25, 0.3) is 21.7 Å². The molecule has 1 fully saturated rings. The Labute approximate surface area is 161 Å². The summed E-state index contributed by atoms with van der Waals surface area (Å²) in [5.41, 5.74) is -1.63. The number of pyridine rings is 1. The van der Waals surface area contributed by atoms with E-state index in [4.69, 9.17) is 4.42 Å². The van der Waals surface area contributed by atoms with E-state index in [0.29, 0.717) is 11.2 Å². The summed E-state index contributed by atoms with van der Waals surface area (Å²) in [5.74, 6) is 0.698. The normalized spacial score (nSPS) is 15.0. The Bertz CT molecular complexity index is 1010. The predicted molar refractivity (Wildman–Crippen MR) is 98.7 cm³/mol. The second-order valence-electron chi connectivity index (χ2n) is 5.78. The number of aromatic nitrogens is 2. The second kappa shape index (κ2) is 7.45. The van der Waals surface area contributed by atoms with Crippen LogP contribution >= 0.6 is 23.7 Å². The van der Waals surface area contributed by atoms with Gasteiger partial charge in [0.15, 0.2) is 5.69 Å². The van der Waals surface area contributed by atoms with Gasteiger partial charge in [0.2, 0.25) is 5.71 Å². The third kappa shape index (κ3) is 3.92. The summed E-state index contributed by atoms with van der Waals surface area (Å²) >= 11 is 0.751. The van der Waals surface area contributed by atoms with Gasteiger partial charge in [-0.2, -0.15) is 18.2 Å². The van der Waals surface area contributed by atoms with E-state index < -0.39 is 17.5 Å². The van der Waals surface area contributed by atoms with Gasteiger partial charge in [0, 0.05) is 36.9 Å². The monoisotopic (exact) mass is 418 g/mol. The first-order valence-electron chi connectivity index (χ1n) is 7.85. The van der Waals surface area contributed by atoms with Gasteiger partial charge < -0.3 is 14.6 Å². The lowest BCUT2D eigenvalue weighted by Crippen LogP contribution is -2.43. The van der Waals surface area contributed by atoms with Crippen LogP contribution in [0.15, 0.2) is 32.8 Å². The molecule has 3 aromatic heterocycles. The lowest BCUT2D eigenvalue weighted by Gasteiger charge is -2.28. The van der Waals surface area contributed by atoms with Crippen LogP contribution in [0.1, 0.15) is 5.69 Å². The number of fused-ring (bicyclic) bond motifs is 1. The van der Waals surface area contributed by atoms with Crippen LogP contribution in [-0.2, 0) is 6.18 Å². The molecule has 3 aromatic rings. The Hall–Kier alpha value is -2.17. The van der Waals surface area contributed by atoms with E-state index in [1.165, 1.54) is 6.07 Å². The fourth-order valence-electron chi connectivity index (χ4n) is 2.74. The van der Waals surface area contributed by atoms with E-state index in [-0.39, 0.29) is 28.7 Å². The van der Waals surface area contributed by atoms with Crippen LogP contribution in [0.4, 0.5) is 19.0 Å². The minimum atomic E-state index is -4.55. The van der Waals surface area contributed by atoms with Crippen LogP contribution in [0.2, 0.25) is 0 Å². The number of alkyl halides is 3. The number of nitrogens with one attached hydrogen (secondary N) is 1. The van der Waals surface area contributed by atoms with Crippen molar-refractivity contribution in [2.45, 2.75) is 6.18 Å². The van der Waals surface area contributed by atoms with Gasteiger partial charge in [-0.15, -0.1) is 23.7 Å². The fraction of sp³-hybridized carbons (Fsp3) is 0.312. The zero-order valence-electron chi connectivity index (χ0n) is 13.7. The summed E-state index contributed by atoms with van der Waals surface area (Å²) in [6.07, 6.45) is -4.55. The van der Waals surface area contributed by atoms with E-state index in [1.54, 1.807) is 12.1 Å². The average molecular weight is 419 g/mol. The number of anilines is 1. The second-order valence-corrected chi connectivity index (χ2v) is 6.64. The summed E-state index contributed by atoms with van der Waals surface area (Å²) in [6.45, 7) is 3.27. The van der Waals surface area contributed by atoms with Crippen LogP contribution in [0.5, 0.6) is 0 Å². The van der Waals surface area contributed by atoms with Gasteiger partial charge in [-0.25, -0.2) is 9.78 Å². The Morgan fingerprint density at radius 2 is 1.93 bits per heavy atom. The molecule has 1 aliphatic rings. The smallest absolute Gasteiger partial charge is 0.403 e. The maximum Gasteiger partial charge on any atom is 0.434 e. The molecule has 0 aromatic carbocycles. The third-order valence-electron chi connectivity index (χ3n) is 4.05. The molecule has 0 aliphatic carbocycles. The fourth-order valence-corrected chi connectivity index (χ4v) is 3.57. The molecule has 0 radical (unpaired) electrons. The van der Waals surface area contributed by atoms with Crippen molar-refractivity contribution >= 4 is 40.7 Å². The summed E-state index contributed by atoms with van der Waals surface area (Å²) in [4.78, 5) is 22.2. The lowest BCUT2D eigenvalue weighted by molar-refractivity contribution is -0.140. The van der Waals surface area contributed by atoms with Crippen molar-refractivity contribution in [3.8, 4) is 10.6 Å². The maximum absolute atomic E-state index is 12.7. The van der Waals surface area contributed by atoms with E-state index in [2.05, 4.69) is 20.2 Å². The molecular weight excluding hydrogens is 405 g/mol. The van der Waals surface area contributed by atoms with Crippen molar-refractivity contribution in [3.63, 3.8) is 0 Å². The Kier molecular flexibility index (Phi) is 5.41. The number of thiazole rings is 1. The summed E-state index contributed by atoms with van der Waals surface area (Å²) < 4.78 is 43.4. The topological polar surface area (TPSA) is 71.3 Å². The van der Waals surface area contributed by atoms with Crippen LogP contribution < -0.4 is 15.8 Å². The van der Waals surface area contributed by atoms with E-state index in [1.807, 2.05) is 0 Å². The predicted octanol–water partition coefficient (Wildman–Crippen LogP) is 3.16. The number of hydrogen-bond donors (Lipinski definition) is 1. The highest BCUT2D eigenvalue weighted by atomic mass is 35.5. The molecule has 11 heteroatoms. The number of halogens is 4. The Morgan fingerprint density at radius 1 is 1.19 bits per heavy atom. The van der Waals surface area contributed by atoms with Gasteiger partial charge in [-0.3, -0.25) is 0 Å². The summed E-state index contributed by atoms with van der Waals surface area (Å²) in [5, 5.41) is 4.62. The van der Waals surface area contributed by atoms with Gasteiger partial charge in [0.1, 0.15) is 10.8 Å². The molecule has 0 saturated carbocycles. The zero-order valence-corrected chi connectivity index (χ0v) is 15.4. The molecule has 0 atom stereocenters. The average Bonchev–Trinajstić information content (AvgIpc) is 3.12. The van der Waals surface area contributed by atoms with E-state index in [9.17, 15) is 18.0 Å². The van der Waals surface area contributed by atoms with Crippen LogP contribution in [0.3, 0.4) is 0 Å². The molecule has 144 valence electrons. The third-order valence-corrected chi connectivity index (χ3v) is 4.93. The van der Waals surface area contributed by atoms with Crippen molar-refractivity contribution in [2.75, 3.05) is 31.1 Å². The van der Waals surface area contributed by atoms with Gasteiger partial charge in [-0.1, -0.05) is 0 Å². The molecule has 1 N–H and O–H groups in total. The molecule has 0 bridgehead atoms. The molecule has 1 saturated heterocycles. The Morgan fingerprint density at radius 3 is 2.59 bits per heavy atom. The molecule has 1 aliphatic heterocycles. The van der Waals surface area contributed by atoms with Gasteiger partial charge in [0.05, 0.1) is 5.56 Å². The van der Waals surface area contributed by atoms with Crippen LogP contribution in [0, 0.1) is 0 Å².